The second-order valence-electron chi connectivity index (χ2n) is 6.55. The SMILES string of the molecule is CCC(C(=O)N1CCc2ccccc21)N(c1ccc(OC)cc1)S(C)(=O)=O. The number of nitrogens with zero attached hydrogens (tertiary/aromatic N) is 2. The van der Waals surface area contributed by atoms with Crippen LogP contribution in [0.4, 0.5) is 11.4 Å². The summed E-state index contributed by atoms with van der Waals surface area (Å²) in [4.78, 5) is 15.0. The molecule has 0 saturated heterocycles. The first-order valence-electron chi connectivity index (χ1n) is 8.89. The van der Waals surface area contributed by atoms with E-state index >= 15 is 0 Å². The van der Waals surface area contributed by atoms with Gasteiger partial charge in [-0.1, -0.05) is 25.1 Å². The molecule has 0 spiro atoms. The highest BCUT2D eigenvalue weighted by Crippen LogP contribution is 2.31. The number of hydrogen-bond donors (Lipinski definition) is 0. The van der Waals surface area contributed by atoms with Gasteiger partial charge in [0.1, 0.15) is 11.8 Å². The summed E-state index contributed by atoms with van der Waals surface area (Å²) < 4.78 is 31.5. The van der Waals surface area contributed by atoms with E-state index in [1.54, 1.807) is 36.3 Å². The lowest BCUT2D eigenvalue weighted by Gasteiger charge is -2.33. The maximum Gasteiger partial charge on any atom is 0.250 e. The lowest BCUT2D eigenvalue weighted by Crippen LogP contribution is -2.50. The van der Waals surface area contributed by atoms with E-state index in [1.807, 2.05) is 31.2 Å². The van der Waals surface area contributed by atoms with Gasteiger partial charge < -0.3 is 9.64 Å². The molecule has 144 valence electrons. The van der Waals surface area contributed by atoms with E-state index in [-0.39, 0.29) is 5.91 Å². The van der Waals surface area contributed by atoms with E-state index in [9.17, 15) is 13.2 Å². The van der Waals surface area contributed by atoms with E-state index in [0.717, 1.165) is 23.9 Å². The van der Waals surface area contributed by atoms with E-state index in [0.29, 0.717) is 24.4 Å². The normalized spacial score (nSPS) is 14.6. The molecule has 3 rings (SSSR count). The van der Waals surface area contributed by atoms with E-state index in [1.165, 1.54) is 4.31 Å². The molecule has 0 N–H and O–H groups in total. The number of rotatable bonds is 6. The Bertz CT molecular complexity index is 925. The smallest absolute Gasteiger partial charge is 0.250 e. The number of hydrogen-bond acceptors (Lipinski definition) is 4. The third kappa shape index (κ3) is 3.78. The predicted octanol–water partition coefficient (Wildman–Crippen LogP) is 2.83. The topological polar surface area (TPSA) is 66.9 Å². The van der Waals surface area contributed by atoms with Crippen LogP contribution < -0.4 is 13.9 Å². The molecule has 1 atom stereocenters. The molecule has 1 amide bonds. The lowest BCUT2D eigenvalue weighted by atomic mass is 10.1. The van der Waals surface area contributed by atoms with Gasteiger partial charge in [0, 0.05) is 12.2 Å². The number of methoxy groups -OCH3 is 1. The number of sulfonamides is 1. The number of amides is 1. The number of para-hydroxylation sites is 1. The number of fused-ring (bicyclic) bond motifs is 1. The fourth-order valence-electron chi connectivity index (χ4n) is 3.52. The third-order valence-electron chi connectivity index (χ3n) is 4.79. The van der Waals surface area contributed by atoms with Crippen molar-refractivity contribution in [2.75, 3.05) is 29.1 Å². The van der Waals surface area contributed by atoms with E-state index < -0.39 is 16.1 Å². The summed E-state index contributed by atoms with van der Waals surface area (Å²) in [7, 11) is -2.11. The van der Waals surface area contributed by atoms with Gasteiger partial charge >= 0.3 is 0 Å². The van der Waals surface area contributed by atoms with Crippen molar-refractivity contribution in [1.82, 2.24) is 0 Å². The molecule has 1 heterocycles. The molecular formula is C20H24N2O4S. The van der Waals surface area contributed by atoms with Crippen molar-refractivity contribution in [1.29, 1.82) is 0 Å². The Morgan fingerprint density at radius 1 is 1.19 bits per heavy atom. The van der Waals surface area contributed by atoms with Gasteiger partial charge in [0.15, 0.2) is 0 Å². The zero-order chi connectivity index (χ0) is 19.6. The molecule has 2 aromatic rings. The van der Waals surface area contributed by atoms with Crippen LogP contribution in [0.25, 0.3) is 0 Å². The zero-order valence-corrected chi connectivity index (χ0v) is 16.6. The Kier molecular flexibility index (Phi) is 5.41. The summed E-state index contributed by atoms with van der Waals surface area (Å²) >= 11 is 0. The maximum atomic E-state index is 13.3. The van der Waals surface area contributed by atoms with Crippen LogP contribution in [0.15, 0.2) is 48.5 Å². The van der Waals surface area contributed by atoms with Crippen molar-refractivity contribution >= 4 is 27.3 Å². The van der Waals surface area contributed by atoms with Gasteiger partial charge in [0.05, 0.1) is 19.1 Å². The van der Waals surface area contributed by atoms with Gasteiger partial charge in [0.25, 0.3) is 5.91 Å². The molecule has 0 fully saturated rings. The molecule has 1 aliphatic heterocycles. The number of carbonyl (C=O) groups excluding carboxylic acids is 1. The van der Waals surface area contributed by atoms with Crippen molar-refractivity contribution in [3.05, 3.63) is 54.1 Å². The van der Waals surface area contributed by atoms with Crippen LogP contribution in [0.5, 0.6) is 5.75 Å². The molecule has 6 nitrogen and oxygen atoms in total. The van der Waals surface area contributed by atoms with E-state index in [4.69, 9.17) is 4.74 Å². The highest BCUT2D eigenvalue weighted by molar-refractivity contribution is 7.92. The summed E-state index contributed by atoms with van der Waals surface area (Å²) in [6.45, 7) is 2.39. The van der Waals surface area contributed by atoms with Gasteiger partial charge in [0.2, 0.25) is 10.0 Å². The zero-order valence-electron chi connectivity index (χ0n) is 15.8. The third-order valence-corrected chi connectivity index (χ3v) is 5.97. The fourth-order valence-corrected chi connectivity index (χ4v) is 4.73. The largest absolute Gasteiger partial charge is 0.497 e. The second-order valence-corrected chi connectivity index (χ2v) is 8.41. The Balaban J connectivity index is 1.98. The highest BCUT2D eigenvalue weighted by atomic mass is 32.2. The molecule has 7 heteroatoms. The number of anilines is 2. The van der Waals surface area contributed by atoms with Crippen LogP contribution in [-0.2, 0) is 21.2 Å². The van der Waals surface area contributed by atoms with Crippen LogP contribution >= 0.6 is 0 Å². The van der Waals surface area contributed by atoms with Crippen molar-refractivity contribution in [2.45, 2.75) is 25.8 Å². The summed E-state index contributed by atoms with van der Waals surface area (Å²) in [6.07, 6.45) is 2.28. The average molecular weight is 388 g/mol. The van der Waals surface area contributed by atoms with Crippen LogP contribution in [0, 0.1) is 0 Å². The van der Waals surface area contributed by atoms with Gasteiger partial charge in [-0.3, -0.25) is 9.10 Å². The molecule has 0 aromatic heterocycles. The van der Waals surface area contributed by atoms with Gasteiger partial charge in [-0.25, -0.2) is 8.42 Å². The second kappa shape index (κ2) is 7.60. The predicted molar refractivity (Wildman–Crippen MR) is 107 cm³/mol. The molecule has 0 radical (unpaired) electrons. The number of carbonyl (C=O) groups is 1. The molecule has 27 heavy (non-hydrogen) atoms. The standard InChI is InChI=1S/C20H24N2O4S/c1-4-18(20(23)21-14-13-15-7-5-6-8-19(15)21)22(27(3,24)25)16-9-11-17(26-2)12-10-16/h5-12,18H,4,13-14H2,1-3H3. The van der Waals surface area contributed by atoms with Gasteiger partial charge in [-0.2, -0.15) is 0 Å². The molecule has 1 unspecified atom stereocenters. The Hall–Kier alpha value is -2.54. The molecular weight excluding hydrogens is 364 g/mol. The summed E-state index contributed by atoms with van der Waals surface area (Å²) in [5.74, 6) is 0.420. The maximum absolute atomic E-state index is 13.3. The molecule has 0 bridgehead atoms. The first-order chi connectivity index (χ1) is 12.9. The minimum absolute atomic E-state index is 0.205. The van der Waals surface area contributed by atoms with Gasteiger partial charge in [-0.15, -0.1) is 0 Å². The highest BCUT2D eigenvalue weighted by Gasteiger charge is 2.36. The van der Waals surface area contributed by atoms with E-state index in [2.05, 4.69) is 0 Å². The van der Waals surface area contributed by atoms with Crippen LogP contribution in [0.1, 0.15) is 18.9 Å². The Labute approximate surface area is 160 Å². The monoisotopic (exact) mass is 388 g/mol. The van der Waals surface area contributed by atoms with Gasteiger partial charge in [-0.05, 0) is 48.7 Å². The Morgan fingerprint density at radius 2 is 1.85 bits per heavy atom. The first-order valence-corrected chi connectivity index (χ1v) is 10.7. The van der Waals surface area contributed by atoms with Crippen molar-refractivity contribution < 1.29 is 17.9 Å². The van der Waals surface area contributed by atoms with Crippen molar-refractivity contribution in [2.24, 2.45) is 0 Å². The summed E-state index contributed by atoms with van der Waals surface area (Å²) in [5.41, 5.74) is 2.42. The van der Waals surface area contributed by atoms with Crippen molar-refractivity contribution in [3.63, 3.8) is 0 Å². The summed E-state index contributed by atoms with van der Waals surface area (Å²) in [6, 6.07) is 13.6. The summed E-state index contributed by atoms with van der Waals surface area (Å²) in [5, 5.41) is 0. The quantitative estimate of drug-likeness (QED) is 0.763. The molecule has 1 aliphatic rings. The minimum atomic E-state index is -3.66. The average Bonchev–Trinajstić information content (AvgIpc) is 3.09. The fraction of sp³-hybridized carbons (Fsp3) is 0.350. The van der Waals surface area contributed by atoms with Crippen LogP contribution in [0.2, 0.25) is 0 Å². The minimum Gasteiger partial charge on any atom is -0.497 e. The number of ether oxygens (including phenoxy) is 1. The first kappa shape index (κ1) is 19.2. The Morgan fingerprint density at radius 3 is 2.44 bits per heavy atom. The lowest BCUT2D eigenvalue weighted by molar-refractivity contribution is -0.119. The molecule has 2 aromatic carbocycles. The van der Waals surface area contributed by atoms with Crippen LogP contribution in [0.3, 0.4) is 0 Å². The van der Waals surface area contributed by atoms with Crippen molar-refractivity contribution in [3.8, 4) is 5.75 Å². The molecule has 0 saturated carbocycles. The number of benzene rings is 2. The van der Waals surface area contributed by atoms with Crippen LogP contribution in [-0.4, -0.2) is 40.3 Å². The molecule has 0 aliphatic carbocycles.